The number of halogens is 2. The third kappa shape index (κ3) is 5.30. The van der Waals surface area contributed by atoms with Crippen LogP contribution in [0.15, 0.2) is 48.5 Å². The number of benzene rings is 2. The van der Waals surface area contributed by atoms with Crippen LogP contribution in [0.1, 0.15) is 59.2 Å². The quantitative estimate of drug-likeness (QED) is 0.480. The van der Waals surface area contributed by atoms with Crippen molar-refractivity contribution >= 4 is 40.6 Å². The Morgan fingerprint density at radius 1 is 0.714 bits per heavy atom. The third-order valence-corrected chi connectivity index (χ3v) is 5.94. The van der Waals surface area contributed by atoms with Gasteiger partial charge in [0.25, 0.3) is 0 Å². The van der Waals surface area contributed by atoms with Crippen molar-refractivity contribution < 1.29 is 14.4 Å². The molecule has 3 nitrogen and oxygen atoms in total. The van der Waals surface area contributed by atoms with Crippen molar-refractivity contribution in [3.05, 3.63) is 69.7 Å². The highest BCUT2D eigenvalue weighted by Gasteiger charge is 2.34. The summed E-state index contributed by atoms with van der Waals surface area (Å²) in [6.07, 6.45) is 3.45. The van der Waals surface area contributed by atoms with Gasteiger partial charge in [-0.2, -0.15) is 0 Å². The molecule has 2 aromatic carbocycles. The minimum atomic E-state index is -0.0770. The van der Waals surface area contributed by atoms with E-state index in [9.17, 15) is 14.4 Å². The van der Waals surface area contributed by atoms with Crippen molar-refractivity contribution in [2.45, 2.75) is 38.5 Å². The molecule has 0 N–H and O–H groups in total. The molecule has 1 aliphatic rings. The number of ketones is 3. The van der Waals surface area contributed by atoms with E-state index in [0.717, 1.165) is 12.8 Å². The van der Waals surface area contributed by atoms with Crippen LogP contribution in [0.25, 0.3) is 0 Å². The van der Waals surface area contributed by atoms with Crippen molar-refractivity contribution in [2.75, 3.05) is 0 Å². The van der Waals surface area contributed by atoms with Gasteiger partial charge in [-0.1, -0.05) is 23.2 Å². The van der Waals surface area contributed by atoms with E-state index in [-0.39, 0.29) is 29.2 Å². The van der Waals surface area contributed by atoms with Crippen LogP contribution in [0.3, 0.4) is 0 Å². The first kappa shape index (κ1) is 20.8. The summed E-state index contributed by atoms with van der Waals surface area (Å²) >= 11 is 11.7. The van der Waals surface area contributed by atoms with Gasteiger partial charge >= 0.3 is 0 Å². The Kier molecular flexibility index (Phi) is 7.03. The summed E-state index contributed by atoms with van der Waals surface area (Å²) < 4.78 is 0. The smallest absolute Gasteiger partial charge is 0.162 e. The predicted molar refractivity (Wildman–Crippen MR) is 111 cm³/mol. The number of rotatable bonds is 8. The van der Waals surface area contributed by atoms with Crippen LogP contribution in [-0.4, -0.2) is 17.3 Å². The van der Waals surface area contributed by atoms with E-state index in [1.807, 2.05) is 0 Å². The number of hydrogen-bond acceptors (Lipinski definition) is 3. The molecule has 0 saturated heterocycles. The zero-order valence-corrected chi connectivity index (χ0v) is 17.0. The van der Waals surface area contributed by atoms with E-state index in [1.54, 1.807) is 48.5 Å². The molecular formula is C23H22Cl2O3. The summed E-state index contributed by atoms with van der Waals surface area (Å²) in [5.41, 5.74) is 1.25. The lowest BCUT2D eigenvalue weighted by Crippen LogP contribution is -2.16. The molecule has 2 aromatic rings. The standard InChI is InChI=1S/C23H22Cl2O3/c24-19-9-3-15(4-10-19)21(26)13-7-17-1-2-18(23(17)28)8-14-22(27)16-5-11-20(25)12-6-16/h3-6,9-12,17-18H,1-2,7-8,13-14H2/t17-,18-/m0/s1. The summed E-state index contributed by atoms with van der Waals surface area (Å²) in [4.78, 5) is 37.2. The minimum Gasteiger partial charge on any atom is -0.299 e. The Balaban J connectivity index is 1.46. The zero-order chi connectivity index (χ0) is 20.1. The second-order valence-corrected chi connectivity index (χ2v) is 8.18. The van der Waals surface area contributed by atoms with Gasteiger partial charge in [0.05, 0.1) is 0 Å². The maximum Gasteiger partial charge on any atom is 0.162 e. The van der Waals surface area contributed by atoms with E-state index in [2.05, 4.69) is 0 Å². The van der Waals surface area contributed by atoms with Gasteiger partial charge in [0, 0.05) is 45.8 Å². The summed E-state index contributed by atoms with van der Waals surface area (Å²) in [5, 5.41) is 1.19. The molecule has 2 atom stereocenters. The molecule has 5 heteroatoms. The van der Waals surface area contributed by atoms with Crippen LogP contribution in [0.4, 0.5) is 0 Å². The van der Waals surface area contributed by atoms with Gasteiger partial charge in [0.15, 0.2) is 11.6 Å². The van der Waals surface area contributed by atoms with Gasteiger partial charge in [0.1, 0.15) is 5.78 Å². The first-order chi connectivity index (χ1) is 13.4. The Morgan fingerprint density at radius 3 is 1.43 bits per heavy atom. The molecule has 146 valence electrons. The van der Waals surface area contributed by atoms with E-state index in [4.69, 9.17) is 23.2 Å². The lowest BCUT2D eigenvalue weighted by atomic mass is 9.92. The van der Waals surface area contributed by atoms with Gasteiger partial charge in [-0.15, -0.1) is 0 Å². The van der Waals surface area contributed by atoms with Crippen LogP contribution < -0.4 is 0 Å². The third-order valence-electron chi connectivity index (χ3n) is 5.44. The van der Waals surface area contributed by atoms with Gasteiger partial charge in [-0.25, -0.2) is 0 Å². The molecule has 0 spiro atoms. The van der Waals surface area contributed by atoms with Crippen LogP contribution >= 0.6 is 23.2 Å². The second-order valence-electron chi connectivity index (χ2n) is 7.31. The molecule has 0 amide bonds. The highest BCUT2D eigenvalue weighted by Crippen LogP contribution is 2.34. The highest BCUT2D eigenvalue weighted by atomic mass is 35.5. The molecule has 0 radical (unpaired) electrons. The Morgan fingerprint density at radius 2 is 1.07 bits per heavy atom. The fourth-order valence-corrected chi connectivity index (χ4v) is 4.02. The number of carbonyl (C=O) groups is 3. The predicted octanol–water partition coefficient (Wildman–Crippen LogP) is 6.21. The van der Waals surface area contributed by atoms with Gasteiger partial charge in [-0.3, -0.25) is 14.4 Å². The van der Waals surface area contributed by atoms with Crippen molar-refractivity contribution in [1.29, 1.82) is 0 Å². The Labute approximate surface area is 175 Å². The van der Waals surface area contributed by atoms with Crippen LogP contribution in [0, 0.1) is 11.8 Å². The number of carbonyl (C=O) groups excluding carboxylic acids is 3. The summed E-state index contributed by atoms with van der Waals surface area (Å²) in [6.45, 7) is 0. The average molecular weight is 417 g/mol. The maximum absolute atomic E-state index is 12.6. The van der Waals surface area contributed by atoms with E-state index < -0.39 is 0 Å². The summed E-state index contributed by atoms with van der Waals surface area (Å²) in [6, 6.07) is 13.6. The van der Waals surface area contributed by atoms with Crippen LogP contribution in [-0.2, 0) is 4.79 Å². The summed E-state index contributed by atoms with van der Waals surface area (Å²) in [5.74, 6) is 0.114. The van der Waals surface area contributed by atoms with Crippen molar-refractivity contribution in [3.63, 3.8) is 0 Å². The normalized spacial score (nSPS) is 19.0. The number of Topliss-reactive ketones (excluding diaryl/α,β-unsaturated/α-hetero) is 3. The molecule has 0 aromatic heterocycles. The average Bonchev–Trinajstić information content (AvgIpc) is 3.05. The molecule has 0 unspecified atom stereocenters. The molecule has 0 heterocycles. The number of hydrogen-bond donors (Lipinski definition) is 0. The molecule has 0 aliphatic heterocycles. The summed E-state index contributed by atoms with van der Waals surface area (Å²) in [7, 11) is 0. The lowest BCUT2D eigenvalue weighted by molar-refractivity contribution is -0.124. The topological polar surface area (TPSA) is 51.2 Å². The molecule has 0 bridgehead atoms. The van der Waals surface area contributed by atoms with Crippen molar-refractivity contribution in [1.82, 2.24) is 0 Å². The van der Waals surface area contributed by atoms with Gasteiger partial charge in [0.2, 0.25) is 0 Å². The SMILES string of the molecule is O=C(CC[C@@H]1CC[C@@H](CCC(=O)c2ccc(Cl)cc2)C1=O)c1ccc(Cl)cc1. The van der Waals surface area contributed by atoms with Gasteiger partial charge < -0.3 is 0 Å². The molecule has 1 fully saturated rings. The van der Waals surface area contributed by atoms with Crippen LogP contribution in [0.5, 0.6) is 0 Å². The first-order valence-corrected chi connectivity index (χ1v) is 10.3. The second kappa shape index (κ2) is 9.49. The minimum absolute atomic E-state index is 0.0332. The molecular weight excluding hydrogens is 395 g/mol. The maximum atomic E-state index is 12.6. The largest absolute Gasteiger partial charge is 0.299 e. The van der Waals surface area contributed by atoms with E-state index >= 15 is 0 Å². The highest BCUT2D eigenvalue weighted by molar-refractivity contribution is 6.31. The zero-order valence-electron chi connectivity index (χ0n) is 15.5. The fraction of sp³-hybridized carbons (Fsp3) is 0.348. The first-order valence-electron chi connectivity index (χ1n) is 9.55. The van der Waals surface area contributed by atoms with Crippen molar-refractivity contribution in [2.24, 2.45) is 11.8 Å². The molecule has 3 rings (SSSR count). The Hall–Kier alpha value is -1.97. The van der Waals surface area contributed by atoms with Crippen LogP contribution in [0.2, 0.25) is 10.0 Å². The molecule has 28 heavy (non-hydrogen) atoms. The monoisotopic (exact) mass is 416 g/mol. The molecule has 1 saturated carbocycles. The fourth-order valence-electron chi connectivity index (χ4n) is 3.76. The van der Waals surface area contributed by atoms with E-state index in [1.165, 1.54) is 0 Å². The lowest BCUT2D eigenvalue weighted by Gasteiger charge is -2.10. The van der Waals surface area contributed by atoms with Gasteiger partial charge in [-0.05, 0) is 74.2 Å². The Bertz CT molecular complexity index is 785. The molecule has 1 aliphatic carbocycles. The van der Waals surface area contributed by atoms with Crippen molar-refractivity contribution in [3.8, 4) is 0 Å². The van der Waals surface area contributed by atoms with E-state index in [0.29, 0.717) is 46.9 Å².